The van der Waals surface area contributed by atoms with Gasteiger partial charge in [-0.25, -0.2) is 12.8 Å². The summed E-state index contributed by atoms with van der Waals surface area (Å²) in [5.74, 6) is -1.72. The van der Waals surface area contributed by atoms with Crippen LogP contribution < -0.4 is 9.62 Å². The van der Waals surface area contributed by atoms with Gasteiger partial charge in [-0.3, -0.25) is 13.9 Å². The number of nitrogens with one attached hydrogen (secondary N) is 1. The third-order valence-corrected chi connectivity index (χ3v) is 8.70. The molecule has 0 aliphatic rings. The van der Waals surface area contributed by atoms with E-state index in [1.807, 2.05) is 60.7 Å². The molecule has 0 aliphatic carbocycles. The van der Waals surface area contributed by atoms with Gasteiger partial charge in [0.15, 0.2) is 0 Å². The molecule has 218 valence electrons. The lowest BCUT2D eigenvalue weighted by molar-refractivity contribution is -0.140. The molecular formula is C32H31ClFN3O4S. The van der Waals surface area contributed by atoms with E-state index in [1.54, 1.807) is 25.1 Å². The van der Waals surface area contributed by atoms with Crippen molar-refractivity contribution in [3.8, 4) is 0 Å². The average molecular weight is 608 g/mol. The molecule has 42 heavy (non-hydrogen) atoms. The molecule has 4 rings (SSSR count). The number of likely N-dealkylation sites (N-methyl/N-ethyl adjacent to an activating group) is 1. The number of sulfonamides is 1. The third-order valence-electron chi connectivity index (χ3n) is 6.62. The minimum absolute atomic E-state index is 0.0101. The molecule has 7 nitrogen and oxygen atoms in total. The zero-order valence-electron chi connectivity index (χ0n) is 23.0. The summed E-state index contributed by atoms with van der Waals surface area (Å²) in [7, 11) is -4.30. The van der Waals surface area contributed by atoms with Crippen LogP contribution in [0.2, 0.25) is 5.02 Å². The lowest BCUT2D eigenvalue weighted by Crippen LogP contribution is -2.53. The fraction of sp³-hybridized carbons (Fsp3) is 0.188. The minimum Gasteiger partial charge on any atom is -0.355 e. The fourth-order valence-corrected chi connectivity index (χ4v) is 6.12. The number of carbonyl (C=O) groups excluding carboxylic acids is 2. The molecule has 0 spiro atoms. The molecule has 2 amide bonds. The summed E-state index contributed by atoms with van der Waals surface area (Å²) < 4.78 is 42.7. The van der Waals surface area contributed by atoms with Gasteiger partial charge in [-0.05, 0) is 48.4 Å². The lowest BCUT2D eigenvalue weighted by atomic mass is 10.0. The van der Waals surface area contributed by atoms with Crippen molar-refractivity contribution < 1.29 is 22.4 Å². The topological polar surface area (TPSA) is 86.8 Å². The quantitative estimate of drug-likeness (QED) is 0.232. The number of hydrogen-bond acceptors (Lipinski definition) is 4. The zero-order valence-corrected chi connectivity index (χ0v) is 24.6. The number of anilines is 1. The molecule has 0 heterocycles. The van der Waals surface area contributed by atoms with E-state index >= 15 is 0 Å². The highest BCUT2D eigenvalue weighted by atomic mass is 35.5. The van der Waals surface area contributed by atoms with E-state index in [2.05, 4.69) is 5.32 Å². The Morgan fingerprint density at radius 3 is 2.00 bits per heavy atom. The molecule has 0 aliphatic heterocycles. The van der Waals surface area contributed by atoms with Crippen LogP contribution in [0.25, 0.3) is 0 Å². The van der Waals surface area contributed by atoms with E-state index in [4.69, 9.17) is 11.6 Å². The van der Waals surface area contributed by atoms with Crippen molar-refractivity contribution in [3.63, 3.8) is 0 Å². The van der Waals surface area contributed by atoms with Crippen LogP contribution in [0.5, 0.6) is 0 Å². The van der Waals surface area contributed by atoms with Crippen molar-refractivity contribution in [2.24, 2.45) is 0 Å². The number of halogens is 2. The van der Waals surface area contributed by atoms with Gasteiger partial charge in [-0.1, -0.05) is 90.5 Å². The van der Waals surface area contributed by atoms with Crippen molar-refractivity contribution >= 4 is 39.1 Å². The fourth-order valence-electron chi connectivity index (χ4n) is 4.51. The standard InChI is InChI=1S/C32H31ClFN3O4S/c1-2-35-32(39)30(20-24-12-6-3-7-13-24)36(22-25-14-8-4-9-15-25)31(38)23-37(26-18-19-29(34)28(33)21-26)42(40,41)27-16-10-5-11-17-27/h3-19,21,30H,2,20,22-23H2,1H3,(H,35,39)/t30-/m0/s1. The Kier molecular flexibility index (Phi) is 10.3. The van der Waals surface area contributed by atoms with E-state index in [1.165, 1.54) is 23.1 Å². The normalized spacial score (nSPS) is 11.9. The molecule has 0 radical (unpaired) electrons. The van der Waals surface area contributed by atoms with Crippen molar-refractivity contribution in [1.29, 1.82) is 0 Å². The van der Waals surface area contributed by atoms with E-state index < -0.39 is 34.3 Å². The predicted molar refractivity (Wildman–Crippen MR) is 162 cm³/mol. The number of amides is 2. The van der Waals surface area contributed by atoms with Gasteiger partial charge in [0.2, 0.25) is 11.8 Å². The van der Waals surface area contributed by atoms with Gasteiger partial charge in [0.05, 0.1) is 15.6 Å². The molecule has 0 saturated heterocycles. The summed E-state index contributed by atoms with van der Waals surface area (Å²) in [6.07, 6.45) is 0.207. The summed E-state index contributed by atoms with van der Waals surface area (Å²) in [5.41, 5.74) is 1.60. The van der Waals surface area contributed by atoms with Crippen LogP contribution in [-0.4, -0.2) is 44.3 Å². The summed E-state index contributed by atoms with van der Waals surface area (Å²) in [6, 6.07) is 28.6. The molecule has 1 N–H and O–H groups in total. The number of carbonyl (C=O) groups is 2. The summed E-state index contributed by atoms with van der Waals surface area (Å²) in [4.78, 5) is 29.0. The SMILES string of the molecule is CCNC(=O)[C@H](Cc1ccccc1)N(Cc1ccccc1)C(=O)CN(c1ccc(F)c(Cl)c1)S(=O)(=O)c1ccccc1. The second-order valence-corrected chi connectivity index (χ2v) is 11.8. The highest BCUT2D eigenvalue weighted by molar-refractivity contribution is 7.92. The maximum absolute atomic E-state index is 14.2. The second kappa shape index (κ2) is 14.1. The molecule has 4 aromatic carbocycles. The molecule has 0 bridgehead atoms. The number of nitrogens with zero attached hydrogens (tertiary/aromatic N) is 2. The van der Waals surface area contributed by atoms with Crippen LogP contribution in [0, 0.1) is 5.82 Å². The molecule has 10 heteroatoms. The summed E-state index contributed by atoms with van der Waals surface area (Å²) in [5, 5.41) is 2.53. The van der Waals surface area contributed by atoms with Gasteiger partial charge in [-0.2, -0.15) is 0 Å². The maximum Gasteiger partial charge on any atom is 0.264 e. The Balaban J connectivity index is 1.79. The van der Waals surface area contributed by atoms with E-state index in [0.29, 0.717) is 6.54 Å². The van der Waals surface area contributed by atoms with Gasteiger partial charge < -0.3 is 10.2 Å². The number of rotatable bonds is 12. The number of benzene rings is 4. The van der Waals surface area contributed by atoms with Gasteiger partial charge in [0.25, 0.3) is 10.0 Å². The van der Waals surface area contributed by atoms with Crippen LogP contribution in [0.15, 0.2) is 114 Å². The summed E-state index contributed by atoms with van der Waals surface area (Å²) in [6.45, 7) is 1.53. The monoisotopic (exact) mass is 607 g/mol. The van der Waals surface area contributed by atoms with E-state index in [-0.39, 0.29) is 34.5 Å². The molecule has 0 fully saturated rings. The lowest BCUT2D eigenvalue weighted by Gasteiger charge is -2.33. The van der Waals surface area contributed by atoms with Crippen molar-refractivity contribution in [2.75, 3.05) is 17.4 Å². The molecular weight excluding hydrogens is 577 g/mol. The average Bonchev–Trinajstić information content (AvgIpc) is 3.00. The van der Waals surface area contributed by atoms with Gasteiger partial charge in [-0.15, -0.1) is 0 Å². The Morgan fingerprint density at radius 2 is 1.43 bits per heavy atom. The number of hydrogen-bond donors (Lipinski definition) is 1. The second-order valence-electron chi connectivity index (χ2n) is 9.53. The largest absolute Gasteiger partial charge is 0.355 e. The first-order chi connectivity index (χ1) is 20.2. The highest BCUT2D eigenvalue weighted by Gasteiger charge is 2.34. The third kappa shape index (κ3) is 7.54. The van der Waals surface area contributed by atoms with Crippen molar-refractivity contribution in [1.82, 2.24) is 10.2 Å². The van der Waals surface area contributed by atoms with Gasteiger partial charge in [0.1, 0.15) is 18.4 Å². The Morgan fingerprint density at radius 1 is 0.857 bits per heavy atom. The van der Waals surface area contributed by atoms with Crippen LogP contribution in [0.4, 0.5) is 10.1 Å². The summed E-state index contributed by atoms with van der Waals surface area (Å²) >= 11 is 6.03. The molecule has 4 aromatic rings. The van der Waals surface area contributed by atoms with Crippen molar-refractivity contribution in [3.05, 3.63) is 131 Å². The smallest absolute Gasteiger partial charge is 0.264 e. The highest BCUT2D eigenvalue weighted by Crippen LogP contribution is 2.28. The Bertz CT molecular complexity index is 1610. The molecule has 1 atom stereocenters. The molecule has 0 aromatic heterocycles. The van der Waals surface area contributed by atoms with Crippen LogP contribution >= 0.6 is 11.6 Å². The first kappa shape index (κ1) is 30.7. The van der Waals surface area contributed by atoms with Crippen molar-refractivity contribution in [2.45, 2.75) is 30.8 Å². The van der Waals surface area contributed by atoms with Crippen LogP contribution in [0.3, 0.4) is 0 Å². The predicted octanol–water partition coefficient (Wildman–Crippen LogP) is 5.45. The molecule has 0 unspecified atom stereocenters. The van der Waals surface area contributed by atoms with E-state index in [9.17, 15) is 22.4 Å². The molecule has 0 saturated carbocycles. The van der Waals surface area contributed by atoms with E-state index in [0.717, 1.165) is 27.6 Å². The minimum atomic E-state index is -4.30. The van der Waals surface area contributed by atoms with Crippen LogP contribution in [-0.2, 0) is 32.6 Å². The zero-order chi connectivity index (χ0) is 30.1. The van der Waals surface area contributed by atoms with Crippen LogP contribution in [0.1, 0.15) is 18.1 Å². The Hall–Kier alpha value is -4.21. The maximum atomic E-state index is 14.2. The first-order valence-electron chi connectivity index (χ1n) is 13.4. The van der Waals surface area contributed by atoms with Gasteiger partial charge >= 0.3 is 0 Å². The Labute approximate surface area is 250 Å². The van der Waals surface area contributed by atoms with Gasteiger partial charge in [0, 0.05) is 19.5 Å². The first-order valence-corrected chi connectivity index (χ1v) is 15.2.